The van der Waals surface area contributed by atoms with Gasteiger partial charge in [-0.2, -0.15) is 16.9 Å². The molecule has 0 aromatic heterocycles. The monoisotopic (exact) mass is 433 g/mol. The molecule has 0 saturated heterocycles. The Hall–Kier alpha value is -2.12. The van der Waals surface area contributed by atoms with Crippen molar-refractivity contribution in [1.82, 2.24) is 10.7 Å². The lowest BCUT2D eigenvalue weighted by Gasteiger charge is -2.16. The van der Waals surface area contributed by atoms with E-state index in [0.29, 0.717) is 12.0 Å². The predicted molar refractivity (Wildman–Crippen MR) is 111 cm³/mol. The number of amides is 2. The number of nitrogens with one attached hydrogen (secondary N) is 2. The summed E-state index contributed by atoms with van der Waals surface area (Å²) >= 11 is 4.98. The topological polar surface area (TPSA) is 70.6 Å². The smallest absolute Gasteiger partial charge is 0.262 e. The Kier molecular flexibility index (Phi) is 8.37. The highest BCUT2D eigenvalue weighted by Crippen LogP contribution is 2.09. The fourth-order valence-electron chi connectivity index (χ4n) is 2.13. The van der Waals surface area contributed by atoms with Gasteiger partial charge in [0.2, 0.25) is 0 Å². The summed E-state index contributed by atoms with van der Waals surface area (Å²) in [5, 5.41) is 6.76. The molecule has 2 rings (SSSR count). The summed E-state index contributed by atoms with van der Waals surface area (Å²) in [6.07, 6.45) is 4.05. The number of benzene rings is 2. The van der Waals surface area contributed by atoms with Gasteiger partial charge in [0.15, 0.2) is 0 Å². The number of rotatable bonds is 8. The van der Waals surface area contributed by atoms with E-state index in [4.69, 9.17) is 0 Å². The summed E-state index contributed by atoms with van der Waals surface area (Å²) in [4.78, 5) is 24.7. The molecular formula is C19H20BrN3O2S. The molecule has 26 heavy (non-hydrogen) atoms. The van der Waals surface area contributed by atoms with Crippen LogP contribution in [0.2, 0.25) is 0 Å². The van der Waals surface area contributed by atoms with Crippen molar-refractivity contribution in [3.63, 3.8) is 0 Å². The molecule has 2 amide bonds. The number of carbonyl (C=O) groups excluding carboxylic acids is 2. The minimum Gasteiger partial charge on any atom is -0.340 e. The van der Waals surface area contributed by atoms with E-state index in [0.717, 1.165) is 15.8 Å². The molecule has 0 spiro atoms. The van der Waals surface area contributed by atoms with Gasteiger partial charge in [0.1, 0.15) is 6.04 Å². The molecule has 0 fully saturated rings. The first-order valence-electron chi connectivity index (χ1n) is 8.03. The minimum atomic E-state index is -0.641. The Morgan fingerprint density at radius 3 is 2.50 bits per heavy atom. The van der Waals surface area contributed by atoms with Gasteiger partial charge in [-0.25, -0.2) is 5.43 Å². The average molecular weight is 434 g/mol. The zero-order valence-electron chi connectivity index (χ0n) is 14.3. The van der Waals surface area contributed by atoms with Crippen molar-refractivity contribution in [2.45, 2.75) is 12.5 Å². The van der Waals surface area contributed by atoms with Gasteiger partial charge in [-0.1, -0.05) is 46.3 Å². The Bertz CT molecular complexity index is 751. The van der Waals surface area contributed by atoms with Crippen molar-refractivity contribution in [1.29, 1.82) is 0 Å². The molecule has 0 aliphatic rings. The Balaban J connectivity index is 1.97. The van der Waals surface area contributed by atoms with E-state index in [2.05, 4.69) is 31.8 Å². The number of carbonyl (C=O) groups is 2. The Labute approximate surface area is 165 Å². The van der Waals surface area contributed by atoms with Crippen LogP contribution < -0.4 is 10.7 Å². The largest absolute Gasteiger partial charge is 0.340 e. The maximum absolute atomic E-state index is 12.4. The molecule has 1 atom stereocenters. The molecule has 0 aliphatic carbocycles. The third-order valence-corrected chi connectivity index (χ3v) is 4.70. The summed E-state index contributed by atoms with van der Waals surface area (Å²) in [6.45, 7) is 0. The molecule has 0 saturated carbocycles. The number of nitrogens with zero attached hydrogens (tertiary/aromatic N) is 1. The highest BCUT2D eigenvalue weighted by atomic mass is 79.9. The molecule has 2 N–H and O–H groups in total. The van der Waals surface area contributed by atoms with Crippen LogP contribution in [0.1, 0.15) is 22.3 Å². The summed E-state index contributed by atoms with van der Waals surface area (Å²) in [7, 11) is 0. The van der Waals surface area contributed by atoms with Crippen molar-refractivity contribution in [3.05, 3.63) is 70.2 Å². The van der Waals surface area contributed by atoms with E-state index in [1.54, 1.807) is 42.2 Å². The van der Waals surface area contributed by atoms with E-state index >= 15 is 0 Å². The standard InChI is InChI=1S/C19H20BrN3O2S/c1-26-12-11-17(22-18(24)15-5-3-2-4-6-15)19(25)23-21-13-14-7-9-16(20)10-8-14/h2-10,13,17H,11-12H2,1H3,(H,22,24)(H,23,25)/b21-13-/t17-/m0/s1. The second kappa shape index (κ2) is 10.8. The summed E-state index contributed by atoms with van der Waals surface area (Å²) in [6, 6.07) is 15.7. The number of halogens is 1. The first-order valence-corrected chi connectivity index (χ1v) is 10.2. The second-order valence-corrected chi connectivity index (χ2v) is 7.36. The van der Waals surface area contributed by atoms with Crippen molar-refractivity contribution in [2.75, 3.05) is 12.0 Å². The van der Waals surface area contributed by atoms with Crippen LogP contribution in [0.15, 0.2) is 64.2 Å². The van der Waals surface area contributed by atoms with E-state index in [1.807, 2.05) is 36.6 Å². The minimum absolute atomic E-state index is 0.274. The van der Waals surface area contributed by atoms with E-state index in [1.165, 1.54) is 0 Å². The number of hydrazone groups is 1. The molecule has 0 aliphatic heterocycles. The van der Waals surface area contributed by atoms with Crippen LogP contribution >= 0.6 is 27.7 Å². The van der Waals surface area contributed by atoms with Crippen molar-refractivity contribution >= 4 is 45.7 Å². The van der Waals surface area contributed by atoms with E-state index in [-0.39, 0.29) is 11.8 Å². The number of hydrogen-bond acceptors (Lipinski definition) is 4. The molecule has 0 bridgehead atoms. The first kappa shape index (κ1) is 20.2. The third kappa shape index (κ3) is 6.65. The molecule has 5 nitrogen and oxygen atoms in total. The molecule has 2 aromatic carbocycles. The third-order valence-electron chi connectivity index (χ3n) is 3.53. The second-order valence-electron chi connectivity index (χ2n) is 5.46. The van der Waals surface area contributed by atoms with Gasteiger partial charge in [-0.3, -0.25) is 9.59 Å². The van der Waals surface area contributed by atoms with Gasteiger partial charge in [0.05, 0.1) is 6.21 Å². The fraction of sp³-hybridized carbons (Fsp3) is 0.211. The van der Waals surface area contributed by atoms with Crippen LogP contribution in [0.4, 0.5) is 0 Å². The lowest BCUT2D eigenvalue weighted by atomic mass is 10.1. The number of thioether (sulfide) groups is 1. The number of hydrogen-bond donors (Lipinski definition) is 2. The SMILES string of the molecule is CSCC[C@H](NC(=O)c1ccccc1)C(=O)N/N=C\c1ccc(Br)cc1. The molecular weight excluding hydrogens is 414 g/mol. The van der Waals surface area contributed by atoms with Crippen LogP contribution in [-0.4, -0.2) is 36.1 Å². The summed E-state index contributed by atoms with van der Waals surface area (Å²) < 4.78 is 0.972. The van der Waals surface area contributed by atoms with Gasteiger partial charge in [-0.15, -0.1) is 0 Å². The molecule has 0 radical (unpaired) electrons. The Morgan fingerprint density at radius 1 is 1.15 bits per heavy atom. The van der Waals surface area contributed by atoms with Gasteiger partial charge in [0, 0.05) is 10.0 Å². The lowest BCUT2D eigenvalue weighted by Crippen LogP contribution is -2.45. The van der Waals surface area contributed by atoms with Crippen molar-refractivity contribution in [2.24, 2.45) is 5.10 Å². The Morgan fingerprint density at radius 2 is 1.85 bits per heavy atom. The van der Waals surface area contributed by atoms with E-state index < -0.39 is 6.04 Å². The zero-order valence-corrected chi connectivity index (χ0v) is 16.7. The molecule has 0 unspecified atom stereocenters. The van der Waals surface area contributed by atoms with Crippen LogP contribution in [0.25, 0.3) is 0 Å². The quantitative estimate of drug-likeness (QED) is 0.494. The van der Waals surface area contributed by atoms with Gasteiger partial charge in [0.25, 0.3) is 11.8 Å². The molecule has 7 heteroatoms. The highest BCUT2D eigenvalue weighted by Gasteiger charge is 2.20. The van der Waals surface area contributed by atoms with Gasteiger partial charge in [-0.05, 0) is 48.3 Å². The van der Waals surface area contributed by atoms with Crippen LogP contribution in [-0.2, 0) is 4.79 Å². The maximum Gasteiger partial charge on any atom is 0.262 e. The van der Waals surface area contributed by atoms with Crippen LogP contribution in [0.5, 0.6) is 0 Å². The summed E-state index contributed by atoms with van der Waals surface area (Å²) in [5.41, 5.74) is 3.89. The fourth-order valence-corrected chi connectivity index (χ4v) is 2.87. The highest BCUT2D eigenvalue weighted by molar-refractivity contribution is 9.10. The van der Waals surface area contributed by atoms with Crippen LogP contribution in [0.3, 0.4) is 0 Å². The zero-order chi connectivity index (χ0) is 18.8. The van der Waals surface area contributed by atoms with Crippen molar-refractivity contribution < 1.29 is 9.59 Å². The lowest BCUT2D eigenvalue weighted by molar-refractivity contribution is -0.123. The maximum atomic E-state index is 12.4. The van der Waals surface area contributed by atoms with Crippen molar-refractivity contribution in [3.8, 4) is 0 Å². The van der Waals surface area contributed by atoms with Crippen LogP contribution in [0, 0.1) is 0 Å². The molecule has 2 aromatic rings. The average Bonchev–Trinajstić information content (AvgIpc) is 2.67. The van der Waals surface area contributed by atoms with E-state index in [9.17, 15) is 9.59 Å². The summed E-state index contributed by atoms with van der Waals surface area (Å²) in [5.74, 6) is 0.143. The molecule has 0 heterocycles. The first-order chi connectivity index (χ1) is 12.6. The van der Waals surface area contributed by atoms with Gasteiger partial charge >= 0.3 is 0 Å². The van der Waals surface area contributed by atoms with Gasteiger partial charge < -0.3 is 5.32 Å². The molecule has 136 valence electrons. The predicted octanol–water partition coefficient (Wildman–Crippen LogP) is 3.45. The normalized spacial score (nSPS) is 11.9.